The zero-order chi connectivity index (χ0) is 23.7. The second-order valence-corrected chi connectivity index (χ2v) is 10.5. The van der Waals surface area contributed by atoms with Crippen LogP contribution in [0.5, 0.6) is 0 Å². The third-order valence-corrected chi connectivity index (χ3v) is 8.15. The van der Waals surface area contributed by atoms with Crippen LogP contribution in [0.15, 0.2) is 28.9 Å². The Hall–Kier alpha value is -2.74. The highest BCUT2D eigenvalue weighted by Crippen LogP contribution is 2.44. The summed E-state index contributed by atoms with van der Waals surface area (Å²) in [5, 5.41) is 12.5. The number of carboxylic acids is 1. The van der Waals surface area contributed by atoms with Crippen LogP contribution in [0.25, 0.3) is 11.5 Å². The molecule has 182 valence electrons. The highest BCUT2D eigenvalue weighted by molar-refractivity contribution is 5.78. The first-order valence-corrected chi connectivity index (χ1v) is 12.5. The van der Waals surface area contributed by atoms with Crippen molar-refractivity contribution in [2.75, 3.05) is 19.6 Å². The summed E-state index contributed by atoms with van der Waals surface area (Å²) in [5.41, 5.74) is 1.55. The van der Waals surface area contributed by atoms with Gasteiger partial charge in [-0.1, -0.05) is 12.8 Å². The first kappa shape index (κ1) is 23.0. The summed E-state index contributed by atoms with van der Waals surface area (Å²) in [6, 6.07) is 6.19. The maximum absolute atomic E-state index is 12.8. The number of carbonyl (C=O) groups is 2. The molecule has 0 aromatic carbocycles. The molecule has 5 heterocycles. The van der Waals surface area contributed by atoms with Crippen molar-refractivity contribution in [3.63, 3.8) is 0 Å². The molecule has 3 aliphatic heterocycles. The maximum Gasteiger partial charge on any atom is 0.303 e. The van der Waals surface area contributed by atoms with Crippen molar-refractivity contribution in [2.24, 2.45) is 11.3 Å². The number of nitrogens with one attached hydrogen (secondary N) is 1. The van der Waals surface area contributed by atoms with Gasteiger partial charge in [-0.05, 0) is 68.7 Å². The van der Waals surface area contributed by atoms with E-state index < -0.39 is 5.97 Å². The number of hydrogen-bond acceptors (Lipinski definition) is 6. The molecule has 3 saturated heterocycles. The van der Waals surface area contributed by atoms with Gasteiger partial charge in [0.2, 0.25) is 5.91 Å². The number of carbonyl (C=O) groups excluding carboxylic acids is 1. The number of amides is 1. The number of furan rings is 1. The monoisotopic (exact) mass is 466 g/mol. The lowest BCUT2D eigenvalue weighted by atomic mass is 9.74. The van der Waals surface area contributed by atoms with Gasteiger partial charge in [0.1, 0.15) is 11.5 Å². The molecule has 1 aliphatic carbocycles. The van der Waals surface area contributed by atoms with Gasteiger partial charge in [-0.2, -0.15) is 0 Å². The van der Waals surface area contributed by atoms with Crippen LogP contribution in [0.4, 0.5) is 0 Å². The topological polar surface area (TPSA) is 109 Å². The number of aromatic nitrogens is 2. The van der Waals surface area contributed by atoms with Crippen molar-refractivity contribution >= 4 is 11.9 Å². The first-order chi connectivity index (χ1) is 16.4. The quantitative estimate of drug-likeness (QED) is 0.610. The molecule has 6 rings (SSSR count). The summed E-state index contributed by atoms with van der Waals surface area (Å²) in [7, 11) is 0. The minimum absolute atomic E-state index is 0.00291. The van der Waals surface area contributed by atoms with E-state index in [9.17, 15) is 14.7 Å². The number of aliphatic carboxylic acids is 1. The molecule has 1 saturated carbocycles. The normalized spacial score (nSPS) is 27.6. The summed E-state index contributed by atoms with van der Waals surface area (Å²) in [4.78, 5) is 35.9. The third kappa shape index (κ3) is 4.87. The van der Waals surface area contributed by atoms with Crippen molar-refractivity contribution in [2.45, 2.75) is 70.3 Å². The van der Waals surface area contributed by atoms with Crippen LogP contribution >= 0.6 is 0 Å². The predicted molar refractivity (Wildman–Crippen MR) is 126 cm³/mol. The molecule has 0 radical (unpaired) electrons. The molecule has 4 fully saturated rings. The van der Waals surface area contributed by atoms with E-state index in [1.54, 1.807) is 6.26 Å². The molecular formula is C26H34N4O4. The molecular weight excluding hydrogens is 432 g/mol. The van der Waals surface area contributed by atoms with E-state index in [2.05, 4.69) is 21.3 Å². The van der Waals surface area contributed by atoms with Gasteiger partial charge < -0.3 is 14.8 Å². The molecule has 1 unspecified atom stereocenters. The summed E-state index contributed by atoms with van der Waals surface area (Å²) >= 11 is 0. The van der Waals surface area contributed by atoms with E-state index in [-0.39, 0.29) is 17.7 Å². The van der Waals surface area contributed by atoms with Crippen LogP contribution in [-0.4, -0.2) is 57.5 Å². The van der Waals surface area contributed by atoms with Crippen LogP contribution in [0.2, 0.25) is 0 Å². The molecule has 2 bridgehead atoms. The zero-order valence-corrected chi connectivity index (χ0v) is 19.8. The Bertz CT molecular complexity index is 1030. The number of hydrogen-bond donors (Lipinski definition) is 2. The van der Waals surface area contributed by atoms with Gasteiger partial charge in [0, 0.05) is 37.2 Å². The second-order valence-electron chi connectivity index (χ2n) is 10.5. The number of aryl methyl sites for hydroxylation is 1. The highest BCUT2D eigenvalue weighted by Gasteiger charge is 2.42. The van der Waals surface area contributed by atoms with Crippen molar-refractivity contribution < 1.29 is 19.1 Å². The summed E-state index contributed by atoms with van der Waals surface area (Å²) in [5.74, 6) is 1.60. The minimum Gasteiger partial charge on any atom is -0.481 e. The van der Waals surface area contributed by atoms with Gasteiger partial charge in [-0.15, -0.1) is 0 Å². The fourth-order valence-electron chi connectivity index (χ4n) is 6.51. The van der Waals surface area contributed by atoms with E-state index in [1.165, 1.54) is 0 Å². The minimum atomic E-state index is -0.799. The SMILES string of the molecule is Cc1nc(-c2ccco2)cc([C@@H]2CN3CC[C@H]2C[C@@H]3CNC(=O)CC2(CC(=O)O)CCCC2)n1. The van der Waals surface area contributed by atoms with Crippen LogP contribution < -0.4 is 5.32 Å². The average Bonchev–Trinajstić information content (AvgIpc) is 3.50. The van der Waals surface area contributed by atoms with Gasteiger partial charge >= 0.3 is 5.97 Å². The third-order valence-electron chi connectivity index (χ3n) is 8.15. The largest absolute Gasteiger partial charge is 0.481 e. The lowest BCUT2D eigenvalue weighted by Gasteiger charge is -2.49. The fourth-order valence-corrected chi connectivity index (χ4v) is 6.51. The fraction of sp³-hybridized carbons (Fsp3) is 0.615. The van der Waals surface area contributed by atoms with Gasteiger partial charge in [-0.25, -0.2) is 9.97 Å². The lowest BCUT2D eigenvalue weighted by molar-refractivity contribution is -0.140. The van der Waals surface area contributed by atoms with Gasteiger partial charge in [0.15, 0.2) is 5.76 Å². The van der Waals surface area contributed by atoms with Gasteiger partial charge in [-0.3, -0.25) is 14.5 Å². The molecule has 8 nitrogen and oxygen atoms in total. The Morgan fingerprint density at radius 2 is 2.09 bits per heavy atom. The Labute approximate surface area is 200 Å². The Morgan fingerprint density at radius 3 is 2.76 bits per heavy atom. The van der Waals surface area contributed by atoms with Gasteiger partial charge in [0.05, 0.1) is 12.7 Å². The molecule has 2 aromatic rings. The number of carboxylic acid groups (broad SMARTS) is 1. The van der Waals surface area contributed by atoms with E-state index in [1.807, 2.05) is 19.1 Å². The van der Waals surface area contributed by atoms with Crippen LogP contribution in [0.3, 0.4) is 0 Å². The molecule has 1 amide bonds. The van der Waals surface area contributed by atoms with Crippen molar-refractivity contribution in [3.05, 3.63) is 36.0 Å². The van der Waals surface area contributed by atoms with Crippen molar-refractivity contribution in [1.82, 2.24) is 20.2 Å². The molecule has 0 spiro atoms. The molecule has 2 aromatic heterocycles. The van der Waals surface area contributed by atoms with Crippen molar-refractivity contribution in [1.29, 1.82) is 0 Å². The van der Waals surface area contributed by atoms with E-state index >= 15 is 0 Å². The second kappa shape index (κ2) is 9.49. The number of fused-ring (bicyclic) bond motifs is 3. The van der Waals surface area contributed by atoms with E-state index in [4.69, 9.17) is 9.40 Å². The first-order valence-electron chi connectivity index (χ1n) is 12.5. The summed E-state index contributed by atoms with van der Waals surface area (Å²) < 4.78 is 5.55. The summed E-state index contributed by atoms with van der Waals surface area (Å²) in [6.45, 7) is 4.53. The predicted octanol–water partition coefficient (Wildman–Crippen LogP) is 3.76. The molecule has 34 heavy (non-hydrogen) atoms. The van der Waals surface area contributed by atoms with Crippen LogP contribution in [0, 0.1) is 18.3 Å². The standard InChI is InChI=1S/C26H34N4O4/c1-17-28-21(12-22(29-17)23-5-4-10-34-23)20-16-30-9-6-18(20)11-19(30)15-27-24(31)13-26(14-25(32)33)7-2-3-8-26/h4-5,10,12,18-20H,2-3,6-9,11,13-16H2,1H3,(H,27,31)(H,32,33)/t18-,19+,20+/m0/s1. The van der Waals surface area contributed by atoms with Crippen molar-refractivity contribution in [3.8, 4) is 11.5 Å². The van der Waals surface area contributed by atoms with E-state index in [0.717, 1.165) is 74.6 Å². The maximum atomic E-state index is 12.8. The van der Waals surface area contributed by atoms with Crippen LogP contribution in [-0.2, 0) is 9.59 Å². The smallest absolute Gasteiger partial charge is 0.303 e. The van der Waals surface area contributed by atoms with Gasteiger partial charge in [0.25, 0.3) is 0 Å². The summed E-state index contributed by atoms with van der Waals surface area (Å²) in [6.07, 6.45) is 7.96. The highest BCUT2D eigenvalue weighted by atomic mass is 16.4. The molecule has 8 heteroatoms. The Balaban J connectivity index is 1.20. The number of piperidine rings is 3. The zero-order valence-electron chi connectivity index (χ0n) is 19.8. The number of nitrogens with zero attached hydrogens (tertiary/aromatic N) is 3. The molecule has 4 aliphatic rings. The van der Waals surface area contributed by atoms with E-state index in [0.29, 0.717) is 30.8 Å². The average molecular weight is 467 g/mol. The Kier molecular flexibility index (Phi) is 6.42. The van der Waals surface area contributed by atoms with Crippen LogP contribution in [0.1, 0.15) is 68.8 Å². The lowest BCUT2D eigenvalue weighted by Crippen LogP contribution is -2.56. The molecule has 4 atom stereocenters. The Morgan fingerprint density at radius 1 is 1.26 bits per heavy atom. The number of rotatable bonds is 8. The molecule has 2 N–H and O–H groups in total.